The van der Waals surface area contributed by atoms with Crippen LogP contribution in [0, 0.1) is 0 Å². The first-order valence-electron chi connectivity index (χ1n) is 13.6. The summed E-state index contributed by atoms with van der Waals surface area (Å²) in [7, 11) is 0. The lowest BCUT2D eigenvalue weighted by atomic mass is 9.96. The molecule has 1 aliphatic rings. The molecule has 1 saturated heterocycles. The second kappa shape index (κ2) is 12.8. The van der Waals surface area contributed by atoms with Gasteiger partial charge < -0.3 is 19.7 Å². The van der Waals surface area contributed by atoms with Crippen LogP contribution in [0.1, 0.15) is 54.4 Å². The molecule has 2 heterocycles. The first-order chi connectivity index (χ1) is 18.5. The molecule has 0 spiro atoms. The number of ether oxygens (including phenoxy) is 1. The Bertz CT molecular complexity index is 1300. The smallest absolute Gasteiger partial charge is 0.254 e. The van der Waals surface area contributed by atoms with Crippen molar-refractivity contribution in [1.82, 2.24) is 14.9 Å². The number of nitrogens with one attached hydrogen (secondary N) is 1. The fourth-order valence-corrected chi connectivity index (χ4v) is 5.05. The highest BCUT2D eigenvalue weighted by Gasteiger charge is 2.29. The number of carbonyl (C=O) groups excluding carboxylic acids is 1. The second-order valence-electron chi connectivity index (χ2n) is 9.48. The lowest BCUT2D eigenvalue weighted by molar-refractivity contribution is 0.103. The van der Waals surface area contributed by atoms with E-state index in [0.29, 0.717) is 72.9 Å². The molecule has 4 rings (SSSR count). The third kappa shape index (κ3) is 5.81. The maximum atomic E-state index is 13.9. The molecule has 8 nitrogen and oxygen atoms in total. The monoisotopic (exact) mass is 518 g/mol. The molecule has 0 unspecified atom stereocenters. The molecule has 2 aromatic carbocycles. The summed E-state index contributed by atoms with van der Waals surface area (Å²) in [5.74, 6) is 0.925. The van der Waals surface area contributed by atoms with Crippen LogP contribution in [-0.4, -0.2) is 71.7 Å². The topological polar surface area (TPSA) is 98.8 Å². The first kappa shape index (κ1) is 27.5. The Morgan fingerprint density at radius 1 is 1.03 bits per heavy atom. The summed E-state index contributed by atoms with van der Waals surface area (Å²) in [6, 6.07) is 12.9. The van der Waals surface area contributed by atoms with Gasteiger partial charge in [-0.15, -0.1) is 0 Å². The molecule has 1 aromatic heterocycles. The third-order valence-electron chi connectivity index (χ3n) is 7.01. The predicted octanol–water partition coefficient (Wildman–Crippen LogP) is 3.70. The van der Waals surface area contributed by atoms with Gasteiger partial charge in [-0.1, -0.05) is 51.1 Å². The number of rotatable bonds is 11. The molecule has 1 aliphatic heterocycles. The number of anilines is 1. The summed E-state index contributed by atoms with van der Waals surface area (Å²) in [5.41, 5.74) is 3.79. The van der Waals surface area contributed by atoms with Gasteiger partial charge in [0.05, 0.1) is 30.2 Å². The van der Waals surface area contributed by atoms with Gasteiger partial charge in [0.1, 0.15) is 11.6 Å². The highest BCUT2D eigenvalue weighted by atomic mass is 16.5. The van der Waals surface area contributed by atoms with Gasteiger partial charge in [0.15, 0.2) is 5.78 Å². The summed E-state index contributed by atoms with van der Waals surface area (Å²) < 4.78 is 6.20. The number of hydrogen-bond acceptors (Lipinski definition) is 7. The molecule has 2 N–H and O–H groups in total. The number of hydrogen-bond donors (Lipinski definition) is 2. The summed E-state index contributed by atoms with van der Waals surface area (Å²) in [5, 5.41) is 9.42. The van der Waals surface area contributed by atoms with Crippen molar-refractivity contribution in [3.8, 4) is 17.1 Å². The fraction of sp³-hybridized carbons (Fsp3) is 0.433. The number of aliphatic hydroxyl groups excluding tert-OH is 1. The van der Waals surface area contributed by atoms with E-state index in [-0.39, 0.29) is 17.9 Å². The maximum absolute atomic E-state index is 13.9. The molecule has 0 atom stereocenters. The number of H-pyrrole nitrogens is 1. The standard InChI is InChI=1S/C30H38N4O4/c1-4-20-38-25-13-12-23(28(36)21-10-8-7-9-11-21)27(34-16-14-33(15-17-34)18-19-35)26(25)29-31-24(6-3)22(5-2)30(37)32-29/h7-13,35H,4-6,14-20H2,1-3H3,(H,31,32,37). The number of aryl methyl sites for hydroxylation is 1. The quantitative estimate of drug-likeness (QED) is 0.374. The molecule has 1 fully saturated rings. The van der Waals surface area contributed by atoms with Gasteiger partial charge in [-0.05, 0) is 31.4 Å². The van der Waals surface area contributed by atoms with Crippen LogP contribution in [0.25, 0.3) is 11.4 Å². The molecule has 0 aliphatic carbocycles. The minimum atomic E-state index is -0.158. The van der Waals surface area contributed by atoms with Gasteiger partial charge in [-0.3, -0.25) is 14.5 Å². The summed E-state index contributed by atoms with van der Waals surface area (Å²) in [6.07, 6.45) is 2.04. The third-order valence-corrected chi connectivity index (χ3v) is 7.01. The van der Waals surface area contributed by atoms with Crippen molar-refractivity contribution in [1.29, 1.82) is 0 Å². The van der Waals surface area contributed by atoms with Crippen LogP contribution in [0.3, 0.4) is 0 Å². The summed E-state index contributed by atoms with van der Waals surface area (Å²) in [4.78, 5) is 39.4. The van der Waals surface area contributed by atoms with Gasteiger partial charge in [0.2, 0.25) is 0 Å². The van der Waals surface area contributed by atoms with Crippen LogP contribution in [0.2, 0.25) is 0 Å². The van der Waals surface area contributed by atoms with E-state index in [2.05, 4.69) is 14.8 Å². The number of benzene rings is 2. The molecular formula is C30H38N4O4. The molecular weight excluding hydrogens is 480 g/mol. The van der Waals surface area contributed by atoms with Crippen molar-refractivity contribution in [2.45, 2.75) is 40.0 Å². The molecule has 0 bridgehead atoms. The number of β-amino-alcohol motifs (C(OH)–C–C–N with tert-alkyl or cyclic N) is 1. The van der Waals surface area contributed by atoms with Crippen LogP contribution >= 0.6 is 0 Å². The van der Waals surface area contributed by atoms with E-state index in [9.17, 15) is 14.7 Å². The Hall–Kier alpha value is -3.49. The highest BCUT2D eigenvalue weighted by molar-refractivity contribution is 6.14. The Morgan fingerprint density at radius 2 is 1.76 bits per heavy atom. The molecule has 3 aromatic rings. The van der Waals surface area contributed by atoms with E-state index in [1.54, 1.807) is 0 Å². The fourth-order valence-electron chi connectivity index (χ4n) is 5.05. The van der Waals surface area contributed by atoms with Gasteiger partial charge >= 0.3 is 0 Å². The minimum Gasteiger partial charge on any atom is -0.493 e. The number of aliphatic hydroxyl groups is 1. The zero-order valence-corrected chi connectivity index (χ0v) is 22.6. The maximum Gasteiger partial charge on any atom is 0.254 e. The van der Waals surface area contributed by atoms with Crippen LogP contribution in [-0.2, 0) is 12.8 Å². The van der Waals surface area contributed by atoms with Gasteiger partial charge in [-0.2, -0.15) is 0 Å². The van der Waals surface area contributed by atoms with E-state index < -0.39 is 0 Å². The molecule has 0 amide bonds. The summed E-state index contributed by atoms with van der Waals surface area (Å²) in [6.45, 7) is 10.0. The van der Waals surface area contributed by atoms with Crippen molar-refractivity contribution < 1.29 is 14.6 Å². The molecule has 0 radical (unpaired) electrons. The van der Waals surface area contributed by atoms with E-state index in [0.717, 1.165) is 30.9 Å². The summed E-state index contributed by atoms with van der Waals surface area (Å²) >= 11 is 0. The van der Waals surface area contributed by atoms with Crippen molar-refractivity contribution in [2.75, 3.05) is 50.8 Å². The van der Waals surface area contributed by atoms with E-state index in [1.165, 1.54) is 0 Å². The minimum absolute atomic E-state index is 0.0927. The number of piperazine rings is 1. The lowest BCUT2D eigenvalue weighted by Gasteiger charge is -2.37. The van der Waals surface area contributed by atoms with Gasteiger partial charge in [-0.25, -0.2) is 4.98 Å². The highest BCUT2D eigenvalue weighted by Crippen LogP contribution is 2.41. The average molecular weight is 519 g/mol. The molecule has 0 saturated carbocycles. The number of aromatic amines is 1. The van der Waals surface area contributed by atoms with Crippen molar-refractivity contribution in [2.24, 2.45) is 0 Å². The van der Waals surface area contributed by atoms with Crippen molar-refractivity contribution >= 4 is 11.5 Å². The Labute approximate surface area is 224 Å². The lowest BCUT2D eigenvalue weighted by Crippen LogP contribution is -2.47. The Morgan fingerprint density at radius 3 is 2.39 bits per heavy atom. The largest absolute Gasteiger partial charge is 0.493 e. The number of aromatic nitrogens is 2. The van der Waals surface area contributed by atoms with Crippen molar-refractivity contribution in [3.63, 3.8) is 0 Å². The van der Waals surface area contributed by atoms with E-state index in [4.69, 9.17) is 9.72 Å². The van der Waals surface area contributed by atoms with Crippen LogP contribution in [0.5, 0.6) is 5.75 Å². The van der Waals surface area contributed by atoms with Crippen LogP contribution in [0.15, 0.2) is 47.3 Å². The zero-order chi connectivity index (χ0) is 27.1. The predicted molar refractivity (Wildman–Crippen MR) is 150 cm³/mol. The van der Waals surface area contributed by atoms with Gasteiger partial charge in [0, 0.05) is 49.4 Å². The molecule has 38 heavy (non-hydrogen) atoms. The van der Waals surface area contributed by atoms with Crippen molar-refractivity contribution in [3.05, 3.63) is 75.2 Å². The molecule has 202 valence electrons. The number of carbonyl (C=O) groups is 1. The number of nitrogens with zero attached hydrogens (tertiary/aromatic N) is 3. The average Bonchev–Trinajstić information content (AvgIpc) is 2.95. The number of ketones is 1. The van der Waals surface area contributed by atoms with Crippen LogP contribution in [0.4, 0.5) is 5.69 Å². The van der Waals surface area contributed by atoms with E-state index >= 15 is 0 Å². The molecule has 8 heteroatoms. The first-order valence-corrected chi connectivity index (χ1v) is 13.6. The van der Waals surface area contributed by atoms with Crippen LogP contribution < -0.4 is 15.2 Å². The zero-order valence-electron chi connectivity index (χ0n) is 22.6. The normalized spacial score (nSPS) is 14.1. The second-order valence-corrected chi connectivity index (χ2v) is 9.48. The Kier molecular flexibility index (Phi) is 9.31. The SMILES string of the molecule is CCCOc1ccc(C(=O)c2ccccc2)c(N2CCN(CCO)CC2)c1-c1nc(CC)c(CC)c(=O)[nH]1. The van der Waals surface area contributed by atoms with E-state index in [1.807, 2.05) is 63.2 Å². The Balaban J connectivity index is 1.95. The van der Waals surface area contributed by atoms with Gasteiger partial charge in [0.25, 0.3) is 5.56 Å².